The normalized spacial score (nSPS) is 11.6. The number of aromatic nitrogens is 2. The number of nitrogens with zero attached hydrogens (tertiary/aromatic N) is 2. The highest BCUT2D eigenvalue weighted by Gasteiger charge is 2.16. The Balaban J connectivity index is 1.65. The smallest absolute Gasteiger partial charge is 0.242 e. The van der Waals surface area contributed by atoms with Crippen LogP contribution < -0.4 is 4.72 Å². The van der Waals surface area contributed by atoms with Crippen LogP contribution in [0.2, 0.25) is 10.0 Å². The third-order valence-corrected chi connectivity index (χ3v) is 5.21. The molecule has 1 heterocycles. The van der Waals surface area contributed by atoms with Crippen molar-refractivity contribution in [3.8, 4) is 11.4 Å². The molecule has 2 aromatic carbocycles. The fourth-order valence-corrected chi connectivity index (χ4v) is 3.60. The Morgan fingerprint density at radius 2 is 1.76 bits per heavy atom. The highest BCUT2D eigenvalue weighted by Crippen LogP contribution is 2.19. The lowest BCUT2D eigenvalue weighted by Gasteiger charge is -2.06. The van der Waals surface area contributed by atoms with E-state index in [1.807, 2.05) is 0 Å². The molecule has 3 aromatic rings. The van der Waals surface area contributed by atoms with Crippen LogP contribution in [0.25, 0.3) is 11.4 Å². The van der Waals surface area contributed by atoms with Gasteiger partial charge in [0.1, 0.15) is 0 Å². The molecule has 0 aliphatic carbocycles. The zero-order chi connectivity index (χ0) is 17.9. The van der Waals surface area contributed by atoms with E-state index in [9.17, 15) is 8.42 Å². The van der Waals surface area contributed by atoms with Crippen molar-refractivity contribution in [2.45, 2.75) is 12.3 Å². The van der Waals surface area contributed by atoms with Gasteiger partial charge in [-0.15, -0.1) is 0 Å². The fraction of sp³-hybridized carbons (Fsp3) is 0.125. The first-order valence-electron chi connectivity index (χ1n) is 7.22. The monoisotopic (exact) mass is 397 g/mol. The van der Waals surface area contributed by atoms with Crippen LogP contribution >= 0.6 is 23.2 Å². The van der Waals surface area contributed by atoms with Crippen molar-refractivity contribution < 1.29 is 12.9 Å². The molecule has 6 nitrogen and oxygen atoms in total. The molecule has 3 rings (SSSR count). The number of halogens is 2. The van der Waals surface area contributed by atoms with Gasteiger partial charge in [0.25, 0.3) is 0 Å². The number of benzene rings is 2. The first-order chi connectivity index (χ1) is 11.9. The molecule has 0 amide bonds. The molecule has 130 valence electrons. The van der Waals surface area contributed by atoms with Crippen molar-refractivity contribution in [3.63, 3.8) is 0 Å². The summed E-state index contributed by atoms with van der Waals surface area (Å²) in [6.45, 7) is -0.104. The predicted molar refractivity (Wildman–Crippen MR) is 95.7 cm³/mol. The first-order valence-corrected chi connectivity index (χ1v) is 9.63. The van der Waals surface area contributed by atoms with Crippen molar-refractivity contribution in [1.29, 1.82) is 0 Å². The van der Waals surface area contributed by atoms with Crippen LogP contribution in [0.3, 0.4) is 0 Å². The van der Waals surface area contributed by atoms with E-state index in [1.54, 1.807) is 48.5 Å². The maximum atomic E-state index is 12.2. The molecule has 0 aliphatic heterocycles. The molecular formula is C16H13Cl2N3O3S. The van der Waals surface area contributed by atoms with Gasteiger partial charge in [-0.2, -0.15) is 4.98 Å². The molecule has 0 fully saturated rings. The summed E-state index contributed by atoms with van der Waals surface area (Å²) >= 11 is 11.8. The van der Waals surface area contributed by atoms with Gasteiger partial charge in [-0.1, -0.05) is 46.6 Å². The van der Waals surface area contributed by atoms with Crippen molar-refractivity contribution >= 4 is 33.2 Å². The van der Waals surface area contributed by atoms with Gasteiger partial charge in [0.05, 0.1) is 12.3 Å². The SMILES string of the molecule is O=S(=O)(Cc1ccccc1Cl)NCc1nc(-c2ccc(Cl)cc2)no1. The van der Waals surface area contributed by atoms with Crippen LogP contribution in [0, 0.1) is 0 Å². The maximum absolute atomic E-state index is 12.2. The number of hydrogen-bond acceptors (Lipinski definition) is 5. The van der Waals surface area contributed by atoms with Crippen molar-refractivity contribution in [3.05, 3.63) is 70.0 Å². The molecule has 0 radical (unpaired) electrons. The zero-order valence-corrected chi connectivity index (χ0v) is 15.1. The van der Waals surface area contributed by atoms with E-state index in [2.05, 4.69) is 14.9 Å². The average Bonchev–Trinajstić information content (AvgIpc) is 3.05. The van der Waals surface area contributed by atoms with Crippen LogP contribution in [-0.4, -0.2) is 18.6 Å². The van der Waals surface area contributed by atoms with Gasteiger partial charge >= 0.3 is 0 Å². The molecule has 0 atom stereocenters. The number of hydrogen-bond donors (Lipinski definition) is 1. The van der Waals surface area contributed by atoms with E-state index in [1.165, 1.54) is 0 Å². The topological polar surface area (TPSA) is 85.1 Å². The van der Waals surface area contributed by atoms with Crippen molar-refractivity contribution in [2.75, 3.05) is 0 Å². The molecule has 0 unspecified atom stereocenters. The maximum Gasteiger partial charge on any atom is 0.242 e. The number of rotatable bonds is 6. The summed E-state index contributed by atoms with van der Waals surface area (Å²) in [6.07, 6.45) is 0. The summed E-state index contributed by atoms with van der Waals surface area (Å²) < 4.78 is 31.8. The van der Waals surface area contributed by atoms with Gasteiger partial charge in [-0.25, -0.2) is 13.1 Å². The Labute approximate surface area is 154 Å². The minimum Gasteiger partial charge on any atom is -0.338 e. The molecule has 0 aliphatic rings. The van der Waals surface area contributed by atoms with Gasteiger partial charge in [-0.05, 0) is 35.9 Å². The molecule has 0 saturated carbocycles. The molecule has 0 bridgehead atoms. The van der Waals surface area contributed by atoms with Gasteiger partial charge in [-0.3, -0.25) is 0 Å². The lowest BCUT2D eigenvalue weighted by atomic mass is 10.2. The lowest BCUT2D eigenvalue weighted by Crippen LogP contribution is -2.25. The van der Waals surface area contributed by atoms with E-state index < -0.39 is 10.0 Å². The van der Waals surface area contributed by atoms with E-state index in [4.69, 9.17) is 27.7 Å². The van der Waals surface area contributed by atoms with Gasteiger partial charge in [0.15, 0.2) is 0 Å². The second-order valence-corrected chi connectivity index (χ2v) is 7.84. The highest BCUT2D eigenvalue weighted by atomic mass is 35.5. The first kappa shape index (κ1) is 17.9. The number of nitrogens with one attached hydrogen (secondary N) is 1. The Hall–Kier alpha value is -1.93. The summed E-state index contributed by atoms with van der Waals surface area (Å²) in [5, 5.41) is 4.83. The van der Waals surface area contributed by atoms with E-state index >= 15 is 0 Å². The quantitative estimate of drug-likeness (QED) is 0.685. The third kappa shape index (κ3) is 4.79. The molecule has 9 heteroatoms. The highest BCUT2D eigenvalue weighted by molar-refractivity contribution is 7.88. The molecule has 25 heavy (non-hydrogen) atoms. The van der Waals surface area contributed by atoms with Gasteiger partial charge in [0, 0.05) is 15.6 Å². The van der Waals surface area contributed by atoms with Crippen LogP contribution in [-0.2, 0) is 22.3 Å². The van der Waals surface area contributed by atoms with Crippen LogP contribution in [0.4, 0.5) is 0 Å². The Morgan fingerprint density at radius 3 is 2.48 bits per heavy atom. The summed E-state index contributed by atoms with van der Waals surface area (Å²) in [6, 6.07) is 13.7. The second-order valence-electron chi connectivity index (χ2n) is 5.19. The fourth-order valence-electron chi connectivity index (χ4n) is 2.09. The molecule has 1 aromatic heterocycles. The third-order valence-electron chi connectivity index (χ3n) is 3.32. The van der Waals surface area contributed by atoms with E-state index in [-0.39, 0.29) is 18.2 Å². The summed E-state index contributed by atoms with van der Waals surface area (Å²) in [5.74, 6) is 0.287. The Bertz CT molecular complexity index is 972. The zero-order valence-electron chi connectivity index (χ0n) is 12.8. The molecule has 1 N–H and O–H groups in total. The van der Waals surface area contributed by atoms with Crippen LogP contribution in [0.1, 0.15) is 11.5 Å². The molecule has 0 spiro atoms. The van der Waals surface area contributed by atoms with Crippen molar-refractivity contribution in [2.24, 2.45) is 0 Å². The van der Waals surface area contributed by atoms with Gasteiger partial charge in [0.2, 0.25) is 21.7 Å². The minimum absolute atomic E-state index is 0.104. The average molecular weight is 398 g/mol. The summed E-state index contributed by atoms with van der Waals surface area (Å²) in [7, 11) is -3.60. The predicted octanol–water partition coefficient (Wildman–Crippen LogP) is 3.66. The second kappa shape index (κ2) is 7.53. The largest absolute Gasteiger partial charge is 0.338 e. The van der Waals surface area contributed by atoms with E-state index in [0.29, 0.717) is 21.4 Å². The standard InChI is InChI=1S/C16H13Cl2N3O3S/c17-13-7-5-11(6-8-13)16-20-15(24-21-16)9-19-25(22,23)10-12-3-1-2-4-14(12)18/h1-8,19H,9-10H2. The summed E-state index contributed by atoms with van der Waals surface area (Å²) in [4.78, 5) is 4.16. The summed E-state index contributed by atoms with van der Waals surface area (Å²) in [5.41, 5.74) is 1.24. The van der Waals surface area contributed by atoms with Crippen molar-refractivity contribution in [1.82, 2.24) is 14.9 Å². The molecular weight excluding hydrogens is 385 g/mol. The Kier molecular flexibility index (Phi) is 5.39. The minimum atomic E-state index is -3.60. The van der Waals surface area contributed by atoms with Crippen LogP contribution in [0.5, 0.6) is 0 Å². The van der Waals surface area contributed by atoms with Gasteiger partial charge < -0.3 is 4.52 Å². The van der Waals surface area contributed by atoms with Crippen LogP contribution in [0.15, 0.2) is 53.1 Å². The Morgan fingerprint density at radius 1 is 1.04 bits per heavy atom. The molecule has 0 saturated heterocycles. The lowest BCUT2D eigenvalue weighted by molar-refractivity contribution is 0.376. The number of sulfonamides is 1. The van der Waals surface area contributed by atoms with E-state index in [0.717, 1.165) is 5.56 Å².